The molecule has 0 aromatic carbocycles. The van der Waals surface area contributed by atoms with Gasteiger partial charge in [0.2, 0.25) is 0 Å². The fourth-order valence-corrected chi connectivity index (χ4v) is 1.25. The topological polar surface area (TPSA) is 29.5 Å². The highest BCUT2D eigenvalue weighted by atomic mass is 16.5. The largest absolute Gasteiger partial charge is 0.466 e. The lowest BCUT2D eigenvalue weighted by Crippen LogP contribution is -2.32. The van der Waals surface area contributed by atoms with E-state index >= 15 is 0 Å². The molecule has 0 bridgehead atoms. The summed E-state index contributed by atoms with van der Waals surface area (Å²) < 4.78 is 4.85. The van der Waals surface area contributed by atoms with Gasteiger partial charge < -0.3 is 9.64 Å². The molecule has 3 nitrogen and oxygen atoms in total. The summed E-state index contributed by atoms with van der Waals surface area (Å²) in [6, 6.07) is 0.499. The SMILES string of the molecule is CCOC(=O)CCN(CC)C(C)C. The molecule has 0 aliphatic carbocycles. The minimum absolute atomic E-state index is 0.0957. The average Bonchev–Trinajstić information content (AvgIpc) is 2.05. The van der Waals surface area contributed by atoms with Crippen molar-refractivity contribution >= 4 is 5.97 Å². The first-order chi connectivity index (χ1) is 6.11. The predicted octanol–water partition coefficient (Wildman–Crippen LogP) is 1.67. The second kappa shape index (κ2) is 6.89. The second-order valence-electron chi connectivity index (χ2n) is 3.28. The molecule has 13 heavy (non-hydrogen) atoms. The molecular weight excluding hydrogens is 166 g/mol. The Bertz CT molecular complexity index is 146. The van der Waals surface area contributed by atoms with Gasteiger partial charge in [0.1, 0.15) is 0 Å². The molecule has 0 unspecified atom stereocenters. The van der Waals surface area contributed by atoms with Crippen LogP contribution in [0.15, 0.2) is 0 Å². The molecule has 0 fully saturated rings. The highest BCUT2D eigenvalue weighted by molar-refractivity contribution is 5.69. The van der Waals surface area contributed by atoms with E-state index in [4.69, 9.17) is 4.74 Å². The van der Waals surface area contributed by atoms with Crippen molar-refractivity contribution < 1.29 is 9.53 Å². The van der Waals surface area contributed by atoms with Gasteiger partial charge in [-0.05, 0) is 27.3 Å². The standard InChI is InChI=1S/C10H21NO2/c1-5-11(9(3)4)8-7-10(12)13-6-2/h9H,5-8H2,1-4H3. The first kappa shape index (κ1) is 12.4. The van der Waals surface area contributed by atoms with Gasteiger partial charge in [0.15, 0.2) is 0 Å². The average molecular weight is 187 g/mol. The quantitative estimate of drug-likeness (QED) is 0.592. The van der Waals surface area contributed by atoms with Gasteiger partial charge in [0.25, 0.3) is 0 Å². The zero-order chi connectivity index (χ0) is 10.3. The molecular formula is C10H21NO2. The number of carbonyl (C=O) groups excluding carboxylic acids is 1. The van der Waals surface area contributed by atoms with Crippen molar-refractivity contribution in [2.45, 2.75) is 40.2 Å². The zero-order valence-corrected chi connectivity index (χ0v) is 9.17. The fraction of sp³-hybridized carbons (Fsp3) is 0.900. The Morgan fingerprint density at radius 3 is 2.38 bits per heavy atom. The lowest BCUT2D eigenvalue weighted by Gasteiger charge is -2.23. The van der Waals surface area contributed by atoms with Gasteiger partial charge in [-0.1, -0.05) is 6.92 Å². The van der Waals surface area contributed by atoms with E-state index in [9.17, 15) is 4.79 Å². The molecule has 0 heterocycles. The van der Waals surface area contributed by atoms with Crippen LogP contribution in [0.3, 0.4) is 0 Å². The monoisotopic (exact) mass is 187 g/mol. The maximum atomic E-state index is 11.0. The maximum absolute atomic E-state index is 11.0. The van der Waals surface area contributed by atoms with Crippen molar-refractivity contribution in [3.8, 4) is 0 Å². The molecule has 0 amide bonds. The summed E-state index contributed by atoms with van der Waals surface area (Å²) >= 11 is 0. The Hall–Kier alpha value is -0.570. The van der Waals surface area contributed by atoms with Gasteiger partial charge in [-0.3, -0.25) is 4.79 Å². The molecule has 0 aliphatic heterocycles. The Morgan fingerprint density at radius 1 is 1.38 bits per heavy atom. The summed E-state index contributed by atoms with van der Waals surface area (Å²) in [5, 5.41) is 0. The van der Waals surface area contributed by atoms with Crippen molar-refractivity contribution in [2.24, 2.45) is 0 Å². The Balaban J connectivity index is 3.65. The van der Waals surface area contributed by atoms with Crippen LogP contribution in [0.1, 0.15) is 34.1 Å². The normalized spacial score (nSPS) is 10.9. The number of rotatable bonds is 6. The smallest absolute Gasteiger partial charge is 0.307 e. The lowest BCUT2D eigenvalue weighted by molar-refractivity contribution is -0.143. The van der Waals surface area contributed by atoms with Crippen LogP contribution in [0.25, 0.3) is 0 Å². The van der Waals surface area contributed by atoms with E-state index in [2.05, 4.69) is 25.7 Å². The van der Waals surface area contributed by atoms with Crippen molar-refractivity contribution in [3.63, 3.8) is 0 Å². The first-order valence-corrected chi connectivity index (χ1v) is 5.01. The summed E-state index contributed by atoms with van der Waals surface area (Å²) in [6.45, 7) is 10.5. The fourth-order valence-electron chi connectivity index (χ4n) is 1.25. The summed E-state index contributed by atoms with van der Waals surface area (Å²) in [5.74, 6) is -0.0957. The highest BCUT2D eigenvalue weighted by Gasteiger charge is 2.09. The molecule has 0 spiro atoms. The summed E-state index contributed by atoms with van der Waals surface area (Å²) in [6.07, 6.45) is 0.500. The third kappa shape index (κ3) is 5.64. The number of esters is 1. The molecule has 0 aromatic rings. The van der Waals surface area contributed by atoms with Gasteiger partial charge in [-0.25, -0.2) is 0 Å². The van der Waals surface area contributed by atoms with Crippen LogP contribution in [-0.2, 0) is 9.53 Å². The number of ether oxygens (including phenoxy) is 1. The van der Waals surface area contributed by atoms with E-state index < -0.39 is 0 Å². The van der Waals surface area contributed by atoms with Gasteiger partial charge in [0, 0.05) is 12.6 Å². The van der Waals surface area contributed by atoms with E-state index in [0.717, 1.165) is 13.1 Å². The van der Waals surface area contributed by atoms with Crippen LogP contribution in [0.5, 0.6) is 0 Å². The van der Waals surface area contributed by atoms with Gasteiger partial charge >= 0.3 is 5.97 Å². The summed E-state index contributed by atoms with van der Waals surface area (Å²) in [7, 11) is 0. The molecule has 0 rings (SSSR count). The van der Waals surface area contributed by atoms with Gasteiger partial charge in [-0.2, -0.15) is 0 Å². The zero-order valence-electron chi connectivity index (χ0n) is 9.17. The third-order valence-corrected chi connectivity index (χ3v) is 2.04. The van der Waals surface area contributed by atoms with Crippen LogP contribution in [0, 0.1) is 0 Å². The second-order valence-corrected chi connectivity index (χ2v) is 3.28. The molecule has 0 radical (unpaired) electrons. The number of carbonyl (C=O) groups is 1. The van der Waals surface area contributed by atoms with Crippen LogP contribution >= 0.6 is 0 Å². The Kier molecular flexibility index (Phi) is 6.59. The minimum Gasteiger partial charge on any atom is -0.466 e. The molecule has 3 heteroatoms. The van der Waals surface area contributed by atoms with Gasteiger partial charge in [-0.15, -0.1) is 0 Å². The molecule has 0 N–H and O–H groups in total. The minimum atomic E-state index is -0.0957. The predicted molar refractivity (Wildman–Crippen MR) is 53.6 cm³/mol. The van der Waals surface area contributed by atoms with E-state index in [0.29, 0.717) is 19.1 Å². The highest BCUT2D eigenvalue weighted by Crippen LogP contribution is 1.99. The van der Waals surface area contributed by atoms with Crippen molar-refractivity contribution in [1.82, 2.24) is 4.90 Å². The molecule has 0 saturated carbocycles. The molecule has 0 saturated heterocycles. The van der Waals surface area contributed by atoms with E-state index in [1.54, 1.807) is 0 Å². The van der Waals surface area contributed by atoms with Crippen LogP contribution in [-0.4, -0.2) is 36.6 Å². The number of nitrogens with zero attached hydrogens (tertiary/aromatic N) is 1. The first-order valence-electron chi connectivity index (χ1n) is 5.01. The summed E-state index contributed by atoms with van der Waals surface area (Å²) in [4.78, 5) is 13.3. The molecule has 0 aromatic heterocycles. The van der Waals surface area contributed by atoms with Crippen LogP contribution in [0.2, 0.25) is 0 Å². The molecule has 0 atom stereocenters. The van der Waals surface area contributed by atoms with Crippen molar-refractivity contribution in [1.29, 1.82) is 0 Å². The lowest BCUT2D eigenvalue weighted by atomic mass is 10.3. The maximum Gasteiger partial charge on any atom is 0.307 e. The van der Waals surface area contributed by atoms with Gasteiger partial charge in [0.05, 0.1) is 13.0 Å². The van der Waals surface area contributed by atoms with Crippen molar-refractivity contribution in [3.05, 3.63) is 0 Å². The Morgan fingerprint density at radius 2 is 2.00 bits per heavy atom. The van der Waals surface area contributed by atoms with Crippen LogP contribution in [0.4, 0.5) is 0 Å². The van der Waals surface area contributed by atoms with E-state index in [-0.39, 0.29) is 5.97 Å². The van der Waals surface area contributed by atoms with E-state index in [1.165, 1.54) is 0 Å². The molecule has 0 aliphatic rings. The van der Waals surface area contributed by atoms with Crippen molar-refractivity contribution in [2.75, 3.05) is 19.7 Å². The molecule has 78 valence electrons. The van der Waals surface area contributed by atoms with E-state index in [1.807, 2.05) is 6.92 Å². The third-order valence-electron chi connectivity index (χ3n) is 2.04. The van der Waals surface area contributed by atoms with Crippen LogP contribution < -0.4 is 0 Å². The summed E-state index contributed by atoms with van der Waals surface area (Å²) in [5.41, 5.74) is 0. The number of hydrogen-bond donors (Lipinski definition) is 0. The Labute approximate surface area is 81.1 Å². The number of hydrogen-bond acceptors (Lipinski definition) is 3.